The monoisotopic (exact) mass is 155 g/mol. The summed E-state index contributed by atoms with van der Waals surface area (Å²) in [5, 5.41) is 0.0995. The lowest BCUT2D eigenvalue weighted by Crippen LogP contribution is -3.20. The predicted molar refractivity (Wildman–Crippen MR) is 39.2 cm³/mol. The summed E-state index contributed by atoms with van der Waals surface area (Å²) >= 11 is 0. The van der Waals surface area contributed by atoms with Gasteiger partial charge in [0.05, 0.1) is 0 Å². The SMILES string of the molecule is [NH-][NH+](N)C12CCC(CC1=O)C2. The average molecular weight is 155 g/mol. The van der Waals surface area contributed by atoms with Gasteiger partial charge in [-0.3, -0.25) is 4.79 Å². The fourth-order valence-electron chi connectivity index (χ4n) is 2.43. The van der Waals surface area contributed by atoms with Crippen LogP contribution in [0, 0.1) is 5.92 Å². The molecule has 2 bridgehead atoms. The highest BCUT2D eigenvalue weighted by Crippen LogP contribution is 2.42. The molecule has 0 aliphatic heterocycles. The van der Waals surface area contributed by atoms with E-state index in [0.717, 1.165) is 19.3 Å². The van der Waals surface area contributed by atoms with E-state index in [1.165, 1.54) is 0 Å². The van der Waals surface area contributed by atoms with Crippen molar-refractivity contribution in [2.75, 3.05) is 0 Å². The number of carbonyl (C=O) groups is 1. The molecule has 3 atom stereocenters. The average Bonchev–Trinajstić information content (AvgIpc) is 2.43. The van der Waals surface area contributed by atoms with E-state index in [-0.39, 0.29) is 10.9 Å². The van der Waals surface area contributed by atoms with Crippen molar-refractivity contribution in [3.63, 3.8) is 0 Å². The molecule has 3 unspecified atom stereocenters. The van der Waals surface area contributed by atoms with Gasteiger partial charge in [-0.05, 0) is 12.3 Å². The van der Waals surface area contributed by atoms with E-state index < -0.39 is 5.54 Å². The number of fused-ring (bicyclic) bond motifs is 2. The Kier molecular flexibility index (Phi) is 1.33. The number of Topliss-reactive ketones (excluding diaryl/α,β-unsaturated/α-hetero) is 1. The van der Waals surface area contributed by atoms with E-state index in [4.69, 9.17) is 11.7 Å². The zero-order chi connectivity index (χ0) is 8.06. The Morgan fingerprint density at radius 2 is 2.45 bits per heavy atom. The van der Waals surface area contributed by atoms with E-state index in [9.17, 15) is 4.79 Å². The summed E-state index contributed by atoms with van der Waals surface area (Å²) in [4.78, 5) is 11.4. The van der Waals surface area contributed by atoms with Gasteiger partial charge in [0, 0.05) is 19.3 Å². The van der Waals surface area contributed by atoms with Crippen LogP contribution in [0.3, 0.4) is 0 Å². The Hall–Kier alpha value is -0.450. The van der Waals surface area contributed by atoms with Crippen LogP contribution < -0.4 is 11.0 Å². The predicted octanol–water partition coefficient (Wildman–Crippen LogP) is -0.776. The minimum absolute atomic E-state index is 0.0995. The van der Waals surface area contributed by atoms with E-state index in [1.807, 2.05) is 0 Å². The largest absolute Gasteiger partial charge is 0.448 e. The topological polar surface area (TPSA) is 71.3 Å². The Labute approximate surface area is 65.5 Å². The summed E-state index contributed by atoms with van der Waals surface area (Å²) < 4.78 is 0. The van der Waals surface area contributed by atoms with Gasteiger partial charge in [-0.25, -0.2) is 0 Å². The highest BCUT2D eigenvalue weighted by atomic mass is 16.1. The van der Waals surface area contributed by atoms with E-state index in [0.29, 0.717) is 12.3 Å². The van der Waals surface area contributed by atoms with E-state index in [1.54, 1.807) is 0 Å². The van der Waals surface area contributed by atoms with Gasteiger partial charge in [-0.1, -0.05) is 0 Å². The highest BCUT2D eigenvalue weighted by Gasteiger charge is 2.56. The van der Waals surface area contributed by atoms with Gasteiger partial charge in [0.1, 0.15) is 0 Å². The van der Waals surface area contributed by atoms with Crippen molar-refractivity contribution < 1.29 is 9.91 Å². The second kappa shape index (κ2) is 2.03. The number of carbonyl (C=O) groups excluding carboxylic acids is 1. The number of quaternary nitrogens is 1. The Bertz CT molecular complexity index is 204. The number of nitrogens with two attached hydrogens (primary N) is 1. The first-order chi connectivity index (χ1) is 5.15. The van der Waals surface area contributed by atoms with Crippen LogP contribution in [0.5, 0.6) is 0 Å². The Morgan fingerprint density at radius 3 is 2.73 bits per heavy atom. The van der Waals surface area contributed by atoms with Gasteiger partial charge in [-0.2, -0.15) is 5.84 Å². The molecular weight excluding hydrogens is 142 g/mol. The Balaban J connectivity index is 2.29. The molecule has 0 saturated heterocycles. The molecule has 11 heavy (non-hydrogen) atoms. The quantitative estimate of drug-likeness (QED) is 0.385. The smallest absolute Gasteiger partial charge is 0.194 e. The second-order valence-corrected chi connectivity index (χ2v) is 3.73. The molecule has 62 valence electrons. The van der Waals surface area contributed by atoms with Crippen molar-refractivity contribution in [1.29, 1.82) is 0 Å². The molecule has 4 heteroatoms. The third-order valence-electron chi connectivity index (χ3n) is 3.14. The van der Waals surface area contributed by atoms with Gasteiger partial charge >= 0.3 is 0 Å². The molecule has 0 aromatic carbocycles. The fourth-order valence-corrected chi connectivity index (χ4v) is 2.43. The summed E-state index contributed by atoms with van der Waals surface area (Å²) in [5.74, 6) is 13.5. The van der Waals surface area contributed by atoms with Crippen LogP contribution >= 0.6 is 0 Å². The maximum Gasteiger partial charge on any atom is 0.194 e. The third kappa shape index (κ3) is 0.772. The molecule has 0 aromatic rings. The lowest BCUT2D eigenvalue weighted by atomic mass is 9.93. The van der Waals surface area contributed by atoms with E-state index in [2.05, 4.69) is 0 Å². The standard InChI is InChI=1S/C7H13N3O/c8-10(9)7-2-1-5(4-7)3-6(7)11/h5,8,10H,1-4,9H2. The number of rotatable bonds is 1. The summed E-state index contributed by atoms with van der Waals surface area (Å²) in [5.41, 5.74) is -0.509. The van der Waals surface area contributed by atoms with Crippen LogP contribution in [0.2, 0.25) is 0 Å². The first kappa shape index (κ1) is 7.21. The van der Waals surface area contributed by atoms with Gasteiger partial charge < -0.3 is 11.0 Å². The number of hydrogen-bond donors (Lipinski definition) is 2. The fraction of sp³-hybridized carbons (Fsp3) is 0.857. The van der Waals surface area contributed by atoms with Gasteiger partial charge in [0.15, 0.2) is 11.3 Å². The maximum absolute atomic E-state index is 11.4. The molecule has 4 nitrogen and oxygen atoms in total. The molecule has 2 aliphatic carbocycles. The molecule has 0 amide bonds. The van der Waals surface area contributed by atoms with Crippen molar-refractivity contribution in [2.24, 2.45) is 11.8 Å². The third-order valence-corrected chi connectivity index (χ3v) is 3.14. The molecule has 4 N–H and O–H groups in total. The molecule has 2 saturated carbocycles. The first-order valence-electron chi connectivity index (χ1n) is 4.03. The maximum atomic E-state index is 11.4. The van der Waals surface area contributed by atoms with Crippen LogP contribution in [-0.4, -0.2) is 11.3 Å². The van der Waals surface area contributed by atoms with Crippen molar-refractivity contribution in [2.45, 2.75) is 31.2 Å². The van der Waals surface area contributed by atoms with Gasteiger partial charge in [0.2, 0.25) is 0 Å². The van der Waals surface area contributed by atoms with Crippen LogP contribution in [0.1, 0.15) is 25.7 Å². The zero-order valence-electron chi connectivity index (χ0n) is 6.39. The summed E-state index contributed by atoms with van der Waals surface area (Å²) in [6, 6.07) is 0. The summed E-state index contributed by atoms with van der Waals surface area (Å²) in [6.07, 6.45) is 3.43. The minimum atomic E-state index is -0.509. The minimum Gasteiger partial charge on any atom is -0.448 e. The van der Waals surface area contributed by atoms with Crippen molar-refractivity contribution in [1.82, 2.24) is 0 Å². The number of ketones is 1. The Morgan fingerprint density at radius 1 is 1.73 bits per heavy atom. The lowest BCUT2D eigenvalue weighted by Gasteiger charge is -2.32. The molecule has 0 spiro atoms. The van der Waals surface area contributed by atoms with Crippen LogP contribution in [0.15, 0.2) is 0 Å². The first-order valence-corrected chi connectivity index (χ1v) is 4.03. The summed E-state index contributed by atoms with van der Waals surface area (Å²) in [7, 11) is 0. The highest BCUT2D eigenvalue weighted by molar-refractivity contribution is 5.90. The van der Waals surface area contributed by atoms with Crippen LogP contribution in [0.4, 0.5) is 0 Å². The van der Waals surface area contributed by atoms with Gasteiger partial charge in [0.25, 0.3) is 0 Å². The van der Waals surface area contributed by atoms with Gasteiger partial charge in [-0.15, -0.1) is 0 Å². The molecule has 2 aliphatic rings. The molecule has 0 heterocycles. The van der Waals surface area contributed by atoms with Crippen molar-refractivity contribution in [3.05, 3.63) is 5.84 Å². The lowest BCUT2D eigenvalue weighted by molar-refractivity contribution is -0.905. The molecule has 2 fully saturated rings. The molecular formula is C7H13N3O. The zero-order valence-corrected chi connectivity index (χ0v) is 6.39. The molecule has 0 radical (unpaired) electrons. The molecule has 0 aromatic heterocycles. The number of nitrogens with one attached hydrogen (secondary N) is 2. The van der Waals surface area contributed by atoms with Crippen LogP contribution in [-0.2, 0) is 4.79 Å². The number of hydrogen-bond acceptors (Lipinski definition) is 2. The van der Waals surface area contributed by atoms with Crippen molar-refractivity contribution >= 4 is 5.78 Å². The van der Waals surface area contributed by atoms with E-state index >= 15 is 0 Å². The summed E-state index contributed by atoms with van der Waals surface area (Å²) in [6.45, 7) is 0. The molecule has 2 rings (SSSR count). The normalized spacial score (nSPS) is 44.9. The van der Waals surface area contributed by atoms with Crippen LogP contribution in [0.25, 0.3) is 5.84 Å². The van der Waals surface area contributed by atoms with Crippen molar-refractivity contribution in [3.8, 4) is 0 Å². The second-order valence-electron chi connectivity index (χ2n) is 3.73.